The van der Waals surface area contributed by atoms with Crippen LogP contribution in [0.1, 0.15) is 44.9 Å². The zero-order chi connectivity index (χ0) is 10.6. The van der Waals surface area contributed by atoms with Crippen molar-refractivity contribution in [3.05, 3.63) is 12.7 Å². The summed E-state index contributed by atoms with van der Waals surface area (Å²) in [6, 6.07) is 0. The minimum atomic E-state index is -0.719. The van der Waals surface area contributed by atoms with Crippen LogP contribution in [-0.2, 0) is 4.79 Å². The third kappa shape index (κ3) is 10.8. The molecule has 0 fully saturated rings. The fraction of sp³-hybridized carbons (Fsp3) is 0.583. The molecule has 2 heteroatoms. The number of unbranched alkanes of at least 4 members (excludes halogenated alkanes) is 4. The van der Waals surface area contributed by atoms with Crippen LogP contribution in [0.15, 0.2) is 12.7 Å². The maximum atomic E-state index is 10.2. The average Bonchev–Trinajstić information content (AvgIpc) is 2.15. The number of carboxylic acids is 1. The molecule has 0 saturated carbocycles. The molecule has 0 bridgehead atoms. The quantitative estimate of drug-likeness (QED) is 0.384. The van der Waals surface area contributed by atoms with E-state index in [-0.39, 0.29) is 6.42 Å². The fourth-order valence-electron chi connectivity index (χ4n) is 1.00. The van der Waals surface area contributed by atoms with Crippen LogP contribution < -0.4 is 0 Å². The number of allylic oxidation sites excluding steroid dienone is 1. The Balaban J connectivity index is 3.17. The molecular weight excluding hydrogens is 176 g/mol. The zero-order valence-electron chi connectivity index (χ0n) is 8.59. The topological polar surface area (TPSA) is 37.3 Å². The van der Waals surface area contributed by atoms with Gasteiger partial charge in [-0.2, -0.15) is 0 Å². The van der Waals surface area contributed by atoms with E-state index in [1.165, 1.54) is 0 Å². The Kier molecular flexibility index (Phi) is 8.99. The van der Waals surface area contributed by atoms with Crippen molar-refractivity contribution in [3.63, 3.8) is 0 Å². The summed E-state index contributed by atoms with van der Waals surface area (Å²) < 4.78 is 0. The van der Waals surface area contributed by atoms with Gasteiger partial charge in [-0.3, -0.25) is 4.79 Å². The fourth-order valence-corrected chi connectivity index (χ4v) is 1.00. The van der Waals surface area contributed by atoms with Gasteiger partial charge in [0.25, 0.3) is 0 Å². The average molecular weight is 194 g/mol. The number of aliphatic carboxylic acids is 1. The normalized spacial score (nSPS) is 8.86. The molecule has 14 heavy (non-hydrogen) atoms. The first-order valence-corrected chi connectivity index (χ1v) is 5.05. The SMILES string of the molecule is C=CCCCC#CCCCCC(=O)O. The van der Waals surface area contributed by atoms with E-state index in [2.05, 4.69) is 18.4 Å². The van der Waals surface area contributed by atoms with Gasteiger partial charge in [0, 0.05) is 19.3 Å². The molecule has 0 aliphatic rings. The molecule has 0 spiro atoms. The predicted molar refractivity (Wildman–Crippen MR) is 57.9 cm³/mol. The first-order valence-electron chi connectivity index (χ1n) is 5.05. The van der Waals surface area contributed by atoms with Crippen molar-refractivity contribution in [2.24, 2.45) is 0 Å². The summed E-state index contributed by atoms with van der Waals surface area (Å²) >= 11 is 0. The predicted octanol–water partition coefficient (Wildman–Crippen LogP) is 2.99. The Morgan fingerprint density at radius 2 is 1.86 bits per heavy atom. The third-order valence-electron chi connectivity index (χ3n) is 1.78. The lowest BCUT2D eigenvalue weighted by Crippen LogP contribution is -1.92. The van der Waals surface area contributed by atoms with Crippen molar-refractivity contribution < 1.29 is 9.90 Å². The van der Waals surface area contributed by atoms with E-state index >= 15 is 0 Å². The summed E-state index contributed by atoms with van der Waals surface area (Å²) in [5, 5.41) is 8.37. The van der Waals surface area contributed by atoms with E-state index in [1.807, 2.05) is 6.08 Å². The molecule has 78 valence electrons. The summed E-state index contributed by atoms with van der Waals surface area (Å²) in [7, 11) is 0. The van der Waals surface area contributed by atoms with Gasteiger partial charge in [-0.25, -0.2) is 0 Å². The summed E-state index contributed by atoms with van der Waals surface area (Å²) in [4.78, 5) is 10.2. The summed E-state index contributed by atoms with van der Waals surface area (Å²) in [6.45, 7) is 3.63. The second-order valence-corrected chi connectivity index (χ2v) is 3.14. The smallest absolute Gasteiger partial charge is 0.303 e. The number of hydrogen-bond acceptors (Lipinski definition) is 1. The molecule has 0 aliphatic heterocycles. The van der Waals surface area contributed by atoms with Gasteiger partial charge < -0.3 is 5.11 Å². The van der Waals surface area contributed by atoms with Gasteiger partial charge in [-0.05, 0) is 25.7 Å². The Hall–Kier alpha value is -1.23. The zero-order valence-corrected chi connectivity index (χ0v) is 8.59. The standard InChI is InChI=1S/C12H18O2/c1-2-3-4-5-6-7-8-9-10-11-12(13)14/h2H,1,3-5,8-11H2,(H,13,14). The monoisotopic (exact) mass is 194 g/mol. The Morgan fingerprint density at radius 1 is 1.21 bits per heavy atom. The van der Waals surface area contributed by atoms with Crippen LogP contribution in [0.25, 0.3) is 0 Å². The van der Waals surface area contributed by atoms with E-state index in [9.17, 15) is 4.79 Å². The molecule has 0 aromatic carbocycles. The largest absolute Gasteiger partial charge is 0.481 e. The molecule has 0 rings (SSSR count). The van der Waals surface area contributed by atoms with E-state index in [4.69, 9.17) is 5.11 Å². The van der Waals surface area contributed by atoms with Crippen molar-refractivity contribution in [3.8, 4) is 11.8 Å². The molecule has 0 amide bonds. The Morgan fingerprint density at radius 3 is 2.43 bits per heavy atom. The van der Waals surface area contributed by atoms with Crippen molar-refractivity contribution in [2.45, 2.75) is 44.9 Å². The molecule has 0 heterocycles. The molecule has 0 aromatic heterocycles. The maximum Gasteiger partial charge on any atom is 0.303 e. The maximum absolute atomic E-state index is 10.2. The van der Waals surface area contributed by atoms with E-state index in [0.29, 0.717) is 0 Å². The van der Waals surface area contributed by atoms with Crippen LogP contribution in [0.2, 0.25) is 0 Å². The van der Waals surface area contributed by atoms with Crippen LogP contribution in [0, 0.1) is 11.8 Å². The van der Waals surface area contributed by atoms with E-state index < -0.39 is 5.97 Å². The third-order valence-corrected chi connectivity index (χ3v) is 1.78. The second-order valence-electron chi connectivity index (χ2n) is 3.14. The van der Waals surface area contributed by atoms with E-state index in [1.54, 1.807) is 0 Å². The second kappa shape index (κ2) is 9.85. The molecule has 0 atom stereocenters. The number of hydrogen-bond donors (Lipinski definition) is 1. The first-order chi connectivity index (χ1) is 6.77. The van der Waals surface area contributed by atoms with Crippen molar-refractivity contribution in [1.82, 2.24) is 0 Å². The molecule has 0 saturated heterocycles. The van der Waals surface area contributed by atoms with Gasteiger partial charge in [0.05, 0.1) is 0 Å². The molecule has 0 unspecified atom stereocenters. The lowest BCUT2D eigenvalue weighted by Gasteiger charge is -1.91. The van der Waals surface area contributed by atoms with Crippen LogP contribution in [0.4, 0.5) is 0 Å². The molecule has 0 aromatic rings. The van der Waals surface area contributed by atoms with Crippen LogP contribution >= 0.6 is 0 Å². The Labute approximate surface area is 86.0 Å². The van der Waals surface area contributed by atoms with Gasteiger partial charge in [0.2, 0.25) is 0 Å². The number of rotatable bonds is 7. The lowest BCUT2D eigenvalue weighted by molar-refractivity contribution is -0.137. The molecule has 2 nitrogen and oxygen atoms in total. The minimum absolute atomic E-state index is 0.262. The lowest BCUT2D eigenvalue weighted by atomic mass is 10.2. The van der Waals surface area contributed by atoms with Gasteiger partial charge >= 0.3 is 5.97 Å². The van der Waals surface area contributed by atoms with Crippen molar-refractivity contribution in [2.75, 3.05) is 0 Å². The number of carboxylic acid groups (broad SMARTS) is 1. The highest BCUT2D eigenvalue weighted by molar-refractivity contribution is 5.66. The summed E-state index contributed by atoms with van der Waals surface area (Å²) in [5.41, 5.74) is 0. The van der Waals surface area contributed by atoms with Crippen LogP contribution in [-0.4, -0.2) is 11.1 Å². The molecule has 0 radical (unpaired) electrons. The van der Waals surface area contributed by atoms with Gasteiger partial charge in [0.15, 0.2) is 0 Å². The minimum Gasteiger partial charge on any atom is -0.481 e. The summed E-state index contributed by atoms with van der Waals surface area (Å²) in [5.74, 6) is 5.39. The highest BCUT2D eigenvalue weighted by Gasteiger charge is 1.93. The van der Waals surface area contributed by atoms with Crippen molar-refractivity contribution in [1.29, 1.82) is 0 Å². The summed E-state index contributed by atoms with van der Waals surface area (Å²) in [6.07, 6.45) is 7.62. The van der Waals surface area contributed by atoms with Gasteiger partial charge in [-0.1, -0.05) is 6.08 Å². The molecule has 1 N–H and O–H groups in total. The highest BCUT2D eigenvalue weighted by atomic mass is 16.4. The molecule has 0 aliphatic carbocycles. The molecular formula is C12H18O2. The van der Waals surface area contributed by atoms with Crippen LogP contribution in [0.5, 0.6) is 0 Å². The first kappa shape index (κ1) is 12.8. The van der Waals surface area contributed by atoms with Crippen molar-refractivity contribution >= 4 is 5.97 Å². The number of carbonyl (C=O) groups is 1. The van der Waals surface area contributed by atoms with Gasteiger partial charge in [0.1, 0.15) is 0 Å². The Bertz CT molecular complexity index is 220. The highest BCUT2D eigenvalue weighted by Crippen LogP contribution is 1.99. The van der Waals surface area contributed by atoms with E-state index in [0.717, 1.165) is 38.5 Å². The van der Waals surface area contributed by atoms with Crippen LogP contribution in [0.3, 0.4) is 0 Å². The van der Waals surface area contributed by atoms with Gasteiger partial charge in [-0.15, -0.1) is 18.4 Å².